The minimum Gasteiger partial charge on any atom is -0.494 e. The SMILES string of the molecule is C#Cc1ccc(OCCCCCC)cc1C(F)(F)F. The predicted molar refractivity (Wildman–Crippen MR) is 69.0 cm³/mol. The number of benzene rings is 1. The van der Waals surface area contributed by atoms with Crippen LogP contribution in [0.1, 0.15) is 43.7 Å². The molecule has 0 atom stereocenters. The Labute approximate surface area is 111 Å². The zero-order chi connectivity index (χ0) is 14.3. The lowest BCUT2D eigenvalue weighted by Crippen LogP contribution is -2.08. The predicted octanol–water partition coefficient (Wildman–Crippen LogP) is 4.65. The van der Waals surface area contributed by atoms with E-state index < -0.39 is 11.7 Å². The summed E-state index contributed by atoms with van der Waals surface area (Å²) >= 11 is 0. The summed E-state index contributed by atoms with van der Waals surface area (Å²) in [5, 5.41) is 0. The molecule has 0 amide bonds. The molecule has 0 spiro atoms. The van der Waals surface area contributed by atoms with E-state index in [2.05, 4.69) is 6.92 Å². The van der Waals surface area contributed by atoms with Crippen molar-refractivity contribution in [1.82, 2.24) is 0 Å². The first kappa shape index (κ1) is 15.4. The monoisotopic (exact) mass is 270 g/mol. The molecule has 1 rings (SSSR count). The number of unbranched alkanes of at least 4 members (excludes halogenated alkanes) is 3. The molecule has 0 N–H and O–H groups in total. The van der Waals surface area contributed by atoms with Gasteiger partial charge in [-0.15, -0.1) is 6.42 Å². The lowest BCUT2D eigenvalue weighted by Gasteiger charge is -2.12. The fourth-order valence-corrected chi connectivity index (χ4v) is 1.69. The van der Waals surface area contributed by atoms with E-state index in [1.54, 1.807) is 0 Å². The Morgan fingerprint density at radius 3 is 2.53 bits per heavy atom. The summed E-state index contributed by atoms with van der Waals surface area (Å²) in [6.07, 6.45) is 4.68. The second-order valence-corrected chi connectivity index (χ2v) is 4.26. The summed E-state index contributed by atoms with van der Waals surface area (Å²) in [5.74, 6) is 2.25. The summed E-state index contributed by atoms with van der Waals surface area (Å²) in [6, 6.07) is 3.71. The average Bonchev–Trinajstić information content (AvgIpc) is 2.37. The van der Waals surface area contributed by atoms with Gasteiger partial charge in [0.2, 0.25) is 0 Å². The molecule has 1 aromatic rings. The topological polar surface area (TPSA) is 9.23 Å². The Balaban J connectivity index is 2.69. The van der Waals surface area contributed by atoms with E-state index in [0.717, 1.165) is 31.7 Å². The third-order valence-electron chi connectivity index (χ3n) is 2.72. The Hall–Kier alpha value is -1.63. The largest absolute Gasteiger partial charge is 0.494 e. The van der Waals surface area contributed by atoms with Gasteiger partial charge < -0.3 is 4.74 Å². The van der Waals surface area contributed by atoms with Crippen LogP contribution in [-0.4, -0.2) is 6.61 Å². The van der Waals surface area contributed by atoms with Crippen molar-refractivity contribution < 1.29 is 17.9 Å². The Morgan fingerprint density at radius 2 is 1.95 bits per heavy atom. The van der Waals surface area contributed by atoms with Gasteiger partial charge in [0.05, 0.1) is 12.2 Å². The van der Waals surface area contributed by atoms with Crippen LogP contribution in [-0.2, 0) is 6.18 Å². The fraction of sp³-hybridized carbons (Fsp3) is 0.467. The quantitative estimate of drug-likeness (QED) is 0.540. The normalized spacial score (nSPS) is 11.1. The van der Waals surface area contributed by atoms with E-state index >= 15 is 0 Å². The van der Waals surface area contributed by atoms with Crippen LogP contribution < -0.4 is 4.74 Å². The van der Waals surface area contributed by atoms with Crippen LogP contribution in [0, 0.1) is 12.3 Å². The highest BCUT2D eigenvalue weighted by atomic mass is 19.4. The van der Waals surface area contributed by atoms with Gasteiger partial charge in [0, 0.05) is 5.56 Å². The van der Waals surface area contributed by atoms with Crippen LogP contribution in [0.15, 0.2) is 18.2 Å². The fourth-order valence-electron chi connectivity index (χ4n) is 1.69. The van der Waals surface area contributed by atoms with Crippen molar-refractivity contribution in [3.05, 3.63) is 29.3 Å². The van der Waals surface area contributed by atoms with Crippen molar-refractivity contribution in [3.63, 3.8) is 0 Å². The number of halogens is 3. The Kier molecular flexibility index (Phi) is 5.75. The number of alkyl halides is 3. The highest BCUT2D eigenvalue weighted by molar-refractivity contribution is 5.45. The first-order chi connectivity index (χ1) is 8.99. The van der Waals surface area contributed by atoms with Crippen molar-refractivity contribution in [3.8, 4) is 18.1 Å². The van der Waals surface area contributed by atoms with Gasteiger partial charge in [0.15, 0.2) is 0 Å². The van der Waals surface area contributed by atoms with Gasteiger partial charge in [0.25, 0.3) is 0 Å². The third kappa shape index (κ3) is 4.86. The molecule has 1 aromatic carbocycles. The molecule has 1 nitrogen and oxygen atoms in total. The molecular weight excluding hydrogens is 253 g/mol. The summed E-state index contributed by atoms with van der Waals surface area (Å²) in [7, 11) is 0. The number of rotatable bonds is 6. The zero-order valence-corrected chi connectivity index (χ0v) is 10.9. The van der Waals surface area contributed by atoms with Crippen LogP contribution in [0.25, 0.3) is 0 Å². The first-order valence-corrected chi connectivity index (χ1v) is 6.29. The third-order valence-corrected chi connectivity index (χ3v) is 2.72. The molecule has 19 heavy (non-hydrogen) atoms. The Morgan fingerprint density at radius 1 is 1.21 bits per heavy atom. The van der Waals surface area contributed by atoms with Crippen molar-refractivity contribution in [1.29, 1.82) is 0 Å². The molecule has 0 aliphatic heterocycles. The molecule has 0 heterocycles. The maximum Gasteiger partial charge on any atom is 0.417 e. The van der Waals surface area contributed by atoms with Crippen molar-refractivity contribution >= 4 is 0 Å². The smallest absolute Gasteiger partial charge is 0.417 e. The minimum absolute atomic E-state index is 0.161. The molecule has 4 heteroatoms. The molecule has 104 valence electrons. The molecule has 0 fully saturated rings. The molecule has 0 unspecified atom stereocenters. The number of hydrogen-bond donors (Lipinski definition) is 0. The van der Waals surface area contributed by atoms with Crippen molar-refractivity contribution in [2.24, 2.45) is 0 Å². The van der Waals surface area contributed by atoms with E-state index in [1.165, 1.54) is 12.1 Å². The maximum absolute atomic E-state index is 12.8. The van der Waals surface area contributed by atoms with Gasteiger partial charge >= 0.3 is 6.18 Å². The standard InChI is InChI=1S/C15H17F3O/c1-3-5-6-7-10-19-13-9-8-12(4-2)14(11-13)15(16,17)18/h2,8-9,11H,3,5-7,10H2,1H3. The van der Waals surface area contributed by atoms with Gasteiger partial charge in [-0.25, -0.2) is 0 Å². The lowest BCUT2D eigenvalue weighted by molar-refractivity contribution is -0.137. The van der Waals surface area contributed by atoms with E-state index in [9.17, 15) is 13.2 Å². The molecule has 0 aliphatic rings. The Bertz CT molecular complexity index is 444. The second-order valence-electron chi connectivity index (χ2n) is 4.26. The first-order valence-electron chi connectivity index (χ1n) is 6.29. The van der Waals surface area contributed by atoms with Crippen molar-refractivity contribution in [2.75, 3.05) is 6.61 Å². The number of hydrogen-bond acceptors (Lipinski definition) is 1. The molecule has 0 saturated carbocycles. The van der Waals surface area contributed by atoms with Gasteiger partial charge in [-0.1, -0.05) is 32.1 Å². The van der Waals surface area contributed by atoms with Gasteiger partial charge in [-0.3, -0.25) is 0 Å². The summed E-state index contributed by atoms with van der Waals surface area (Å²) < 4.78 is 43.6. The van der Waals surface area contributed by atoms with Crippen LogP contribution >= 0.6 is 0 Å². The van der Waals surface area contributed by atoms with E-state index in [-0.39, 0.29) is 11.3 Å². The molecule has 0 aliphatic carbocycles. The van der Waals surface area contributed by atoms with Gasteiger partial charge in [0.1, 0.15) is 5.75 Å². The van der Waals surface area contributed by atoms with Gasteiger partial charge in [-0.05, 0) is 24.6 Å². The molecule has 0 bridgehead atoms. The summed E-state index contributed by atoms with van der Waals surface area (Å²) in [4.78, 5) is 0. The van der Waals surface area contributed by atoms with E-state index in [4.69, 9.17) is 11.2 Å². The maximum atomic E-state index is 12.8. The molecule has 0 aromatic heterocycles. The average molecular weight is 270 g/mol. The number of terminal acetylenes is 1. The van der Waals surface area contributed by atoms with Crippen LogP contribution in [0.3, 0.4) is 0 Å². The van der Waals surface area contributed by atoms with E-state index in [0.29, 0.717) is 6.61 Å². The highest BCUT2D eigenvalue weighted by Gasteiger charge is 2.33. The zero-order valence-electron chi connectivity index (χ0n) is 10.9. The van der Waals surface area contributed by atoms with Crippen LogP contribution in [0.4, 0.5) is 13.2 Å². The second kappa shape index (κ2) is 7.08. The highest BCUT2D eigenvalue weighted by Crippen LogP contribution is 2.34. The summed E-state index contributed by atoms with van der Waals surface area (Å²) in [6.45, 7) is 2.52. The summed E-state index contributed by atoms with van der Waals surface area (Å²) in [5.41, 5.74) is -0.980. The van der Waals surface area contributed by atoms with Gasteiger partial charge in [-0.2, -0.15) is 13.2 Å². The molecular formula is C15H17F3O. The number of ether oxygens (including phenoxy) is 1. The molecule has 0 saturated heterocycles. The van der Waals surface area contributed by atoms with Crippen molar-refractivity contribution in [2.45, 2.75) is 38.8 Å². The van der Waals surface area contributed by atoms with Crippen LogP contribution in [0.5, 0.6) is 5.75 Å². The van der Waals surface area contributed by atoms with Crippen LogP contribution in [0.2, 0.25) is 0 Å². The van der Waals surface area contributed by atoms with E-state index in [1.807, 2.05) is 5.92 Å². The molecule has 0 radical (unpaired) electrons. The minimum atomic E-state index is -4.46. The lowest BCUT2D eigenvalue weighted by atomic mass is 10.1.